The molecule has 0 N–H and O–H groups in total. The van der Waals surface area contributed by atoms with Crippen LogP contribution in [-0.2, 0) is 13.0 Å². The fraction of sp³-hybridized carbons (Fsp3) is 0.348. The molecule has 3 heterocycles. The fourth-order valence-corrected chi connectivity index (χ4v) is 4.90. The van der Waals surface area contributed by atoms with Crippen LogP contribution in [0.4, 0.5) is 5.13 Å². The number of piperazine rings is 1. The first-order valence-electron chi connectivity index (χ1n) is 10.6. The lowest BCUT2D eigenvalue weighted by Gasteiger charge is -2.33. The maximum atomic E-state index is 5.51. The molecule has 8 nitrogen and oxygen atoms in total. The van der Waals surface area contributed by atoms with Gasteiger partial charge in [0, 0.05) is 32.6 Å². The number of aromatic nitrogens is 3. The SMILES string of the molecule is COc1ccc(Cc2noc(CN3CCN(c4nc5ccccc5s4)CC3)n2)cc1OC. The summed E-state index contributed by atoms with van der Waals surface area (Å²) in [4.78, 5) is 14.1. The number of para-hydroxylation sites is 1. The van der Waals surface area contributed by atoms with Crippen molar-refractivity contribution in [3.63, 3.8) is 0 Å². The topological polar surface area (TPSA) is 76.8 Å². The molecule has 0 saturated carbocycles. The van der Waals surface area contributed by atoms with Crippen LogP contribution in [0.1, 0.15) is 17.3 Å². The third-order valence-corrected chi connectivity index (χ3v) is 6.70. The van der Waals surface area contributed by atoms with Crippen molar-refractivity contribution in [3.8, 4) is 11.5 Å². The highest BCUT2D eigenvalue weighted by Gasteiger charge is 2.21. The molecule has 2 aromatic carbocycles. The van der Waals surface area contributed by atoms with Crippen LogP contribution in [0.2, 0.25) is 0 Å². The van der Waals surface area contributed by atoms with Gasteiger partial charge in [-0.3, -0.25) is 4.90 Å². The lowest BCUT2D eigenvalue weighted by molar-refractivity contribution is 0.215. The summed E-state index contributed by atoms with van der Waals surface area (Å²) in [7, 11) is 3.26. The first-order valence-corrected chi connectivity index (χ1v) is 11.4. The number of benzene rings is 2. The summed E-state index contributed by atoms with van der Waals surface area (Å²) in [5, 5.41) is 5.26. The molecule has 0 aliphatic carbocycles. The molecule has 0 amide bonds. The molecule has 0 spiro atoms. The van der Waals surface area contributed by atoms with Crippen LogP contribution in [0, 0.1) is 0 Å². The monoisotopic (exact) mass is 451 g/mol. The first kappa shape index (κ1) is 20.7. The molecule has 166 valence electrons. The van der Waals surface area contributed by atoms with E-state index in [4.69, 9.17) is 19.0 Å². The summed E-state index contributed by atoms with van der Waals surface area (Å²) >= 11 is 1.76. The first-order chi connectivity index (χ1) is 15.7. The molecule has 1 aliphatic rings. The number of fused-ring (bicyclic) bond motifs is 1. The Balaban J connectivity index is 1.17. The summed E-state index contributed by atoms with van der Waals surface area (Å²) in [6.07, 6.45) is 0.579. The Morgan fingerprint density at radius 1 is 0.969 bits per heavy atom. The van der Waals surface area contributed by atoms with Gasteiger partial charge in [0.15, 0.2) is 22.5 Å². The number of thiazole rings is 1. The van der Waals surface area contributed by atoms with E-state index in [2.05, 4.69) is 38.1 Å². The third-order valence-electron chi connectivity index (χ3n) is 5.60. The second-order valence-electron chi connectivity index (χ2n) is 7.70. The quantitative estimate of drug-likeness (QED) is 0.422. The van der Waals surface area contributed by atoms with Gasteiger partial charge in [-0.15, -0.1) is 0 Å². The summed E-state index contributed by atoms with van der Waals surface area (Å²) in [6.45, 7) is 4.40. The van der Waals surface area contributed by atoms with E-state index in [9.17, 15) is 0 Å². The van der Waals surface area contributed by atoms with Gasteiger partial charge in [0.05, 0.1) is 31.0 Å². The number of hydrogen-bond donors (Lipinski definition) is 0. The smallest absolute Gasteiger partial charge is 0.240 e. The van der Waals surface area contributed by atoms with Gasteiger partial charge < -0.3 is 18.9 Å². The fourth-order valence-electron chi connectivity index (χ4n) is 3.88. The van der Waals surface area contributed by atoms with E-state index in [-0.39, 0.29) is 0 Å². The number of ether oxygens (including phenoxy) is 2. The van der Waals surface area contributed by atoms with E-state index < -0.39 is 0 Å². The lowest BCUT2D eigenvalue weighted by atomic mass is 10.1. The van der Waals surface area contributed by atoms with Crippen LogP contribution in [0.5, 0.6) is 11.5 Å². The zero-order chi connectivity index (χ0) is 21.9. The highest BCUT2D eigenvalue weighted by Crippen LogP contribution is 2.30. The van der Waals surface area contributed by atoms with E-state index in [0.29, 0.717) is 36.2 Å². The van der Waals surface area contributed by atoms with E-state index in [1.807, 2.05) is 24.3 Å². The predicted octanol–water partition coefficient (Wildman–Crippen LogP) is 3.61. The van der Waals surface area contributed by atoms with Gasteiger partial charge in [-0.2, -0.15) is 4.98 Å². The molecule has 2 aromatic heterocycles. The standard InChI is InChI=1S/C23H25N5O3S/c1-29-18-8-7-16(13-19(18)30-2)14-21-25-22(31-26-21)15-27-9-11-28(12-10-27)23-24-17-5-3-4-6-20(17)32-23/h3-8,13H,9-12,14-15H2,1-2H3. The van der Waals surface area contributed by atoms with Crippen molar-refractivity contribution in [2.24, 2.45) is 0 Å². The minimum Gasteiger partial charge on any atom is -0.493 e. The van der Waals surface area contributed by atoms with Crippen molar-refractivity contribution in [3.05, 3.63) is 59.7 Å². The Labute approximate surface area is 190 Å². The van der Waals surface area contributed by atoms with Gasteiger partial charge in [-0.25, -0.2) is 4.98 Å². The van der Waals surface area contributed by atoms with Gasteiger partial charge in [-0.05, 0) is 29.8 Å². The van der Waals surface area contributed by atoms with E-state index >= 15 is 0 Å². The number of nitrogens with zero attached hydrogens (tertiary/aromatic N) is 5. The van der Waals surface area contributed by atoms with Gasteiger partial charge in [-0.1, -0.05) is 34.7 Å². The summed E-state index contributed by atoms with van der Waals surface area (Å²) in [5.41, 5.74) is 2.11. The van der Waals surface area contributed by atoms with E-state index in [1.165, 1.54) is 4.70 Å². The molecule has 0 radical (unpaired) electrons. The highest BCUT2D eigenvalue weighted by atomic mass is 32.1. The Kier molecular flexibility index (Phi) is 5.91. The number of rotatable bonds is 7. The minimum absolute atomic E-state index is 0.579. The molecule has 1 fully saturated rings. The van der Waals surface area contributed by atoms with E-state index in [0.717, 1.165) is 42.4 Å². The minimum atomic E-state index is 0.579. The Bertz CT molecular complexity index is 1170. The van der Waals surface area contributed by atoms with Gasteiger partial charge in [0.1, 0.15) is 0 Å². The molecule has 0 atom stereocenters. The summed E-state index contributed by atoms with van der Waals surface area (Å²) in [6, 6.07) is 14.1. The Morgan fingerprint density at radius 2 is 1.78 bits per heavy atom. The van der Waals surface area contributed by atoms with Crippen LogP contribution in [0.15, 0.2) is 47.0 Å². The lowest BCUT2D eigenvalue weighted by Crippen LogP contribution is -2.46. The molecule has 0 unspecified atom stereocenters. The van der Waals surface area contributed by atoms with Gasteiger partial charge >= 0.3 is 0 Å². The molecule has 0 bridgehead atoms. The van der Waals surface area contributed by atoms with Crippen LogP contribution in [0.3, 0.4) is 0 Å². The molecular formula is C23H25N5O3S. The van der Waals surface area contributed by atoms with Crippen LogP contribution in [0.25, 0.3) is 10.2 Å². The zero-order valence-electron chi connectivity index (χ0n) is 18.2. The molecule has 9 heteroatoms. The summed E-state index contributed by atoms with van der Waals surface area (Å²) in [5.74, 6) is 2.71. The zero-order valence-corrected chi connectivity index (χ0v) is 19.0. The summed E-state index contributed by atoms with van der Waals surface area (Å²) < 4.78 is 17.4. The molecular weight excluding hydrogens is 426 g/mol. The molecule has 1 saturated heterocycles. The van der Waals surface area contributed by atoms with Gasteiger partial charge in [0.2, 0.25) is 5.89 Å². The van der Waals surface area contributed by atoms with Crippen molar-refractivity contribution in [1.29, 1.82) is 0 Å². The van der Waals surface area contributed by atoms with Crippen molar-refractivity contribution in [1.82, 2.24) is 20.0 Å². The highest BCUT2D eigenvalue weighted by molar-refractivity contribution is 7.22. The third kappa shape index (κ3) is 4.39. The Morgan fingerprint density at radius 3 is 2.56 bits per heavy atom. The van der Waals surface area contributed by atoms with Crippen LogP contribution < -0.4 is 14.4 Å². The molecule has 1 aliphatic heterocycles. The largest absolute Gasteiger partial charge is 0.493 e. The maximum absolute atomic E-state index is 5.51. The van der Waals surface area contributed by atoms with Crippen molar-refractivity contribution >= 4 is 26.7 Å². The second kappa shape index (κ2) is 9.13. The number of methoxy groups -OCH3 is 2. The number of hydrogen-bond acceptors (Lipinski definition) is 9. The normalized spacial score (nSPS) is 14.8. The molecule has 32 heavy (non-hydrogen) atoms. The molecule has 4 aromatic rings. The maximum Gasteiger partial charge on any atom is 0.240 e. The average Bonchev–Trinajstić information content (AvgIpc) is 3.46. The Hall–Kier alpha value is -3.17. The second-order valence-corrected chi connectivity index (χ2v) is 8.71. The van der Waals surface area contributed by atoms with E-state index in [1.54, 1.807) is 25.6 Å². The van der Waals surface area contributed by atoms with Gasteiger partial charge in [0.25, 0.3) is 0 Å². The van der Waals surface area contributed by atoms with Crippen molar-refractivity contribution < 1.29 is 14.0 Å². The van der Waals surface area contributed by atoms with Crippen LogP contribution in [-0.4, -0.2) is 60.4 Å². The number of anilines is 1. The molecule has 5 rings (SSSR count). The van der Waals surface area contributed by atoms with Crippen LogP contribution >= 0.6 is 11.3 Å². The van der Waals surface area contributed by atoms with Crippen molar-refractivity contribution in [2.45, 2.75) is 13.0 Å². The average molecular weight is 452 g/mol. The van der Waals surface area contributed by atoms with Crippen molar-refractivity contribution in [2.75, 3.05) is 45.3 Å². The predicted molar refractivity (Wildman–Crippen MR) is 124 cm³/mol.